The Morgan fingerprint density at radius 2 is 2.00 bits per heavy atom. The van der Waals surface area contributed by atoms with Gasteiger partial charge >= 0.3 is 0 Å². The number of rotatable bonds is 1. The summed E-state index contributed by atoms with van der Waals surface area (Å²) in [6.45, 7) is 6.50. The fraction of sp³-hybridized carbons (Fsp3) is 0.500. The van der Waals surface area contributed by atoms with E-state index in [-0.39, 0.29) is 0 Å². The minimum atomic E-state index is 0.784. The van der Waals surface area contributed by atoms with Crippen molar-refractivity contribution in [3.63, 3.8) is 0 Å². The molecule has 0 spiro atoms. The van der Waals surface area contributed by atoms with Gasteiger partial charge in [0.1, 0.15) is 0 Å². The molecule has 0 fully saturated rings. The molecule has 0 amide bonds. The zero-order valence-corrected chi connectivity index (χ0v) is 5.73. The van der Waals surface area contributed by atoms with Crippen LogP contribution in [0.15, 0.2) is 23.3 Å². The van der Waals surface area contributed by atoms with Gasteiger partial charge in [-0.05, 0) is 19.4 Å². The Morgan fingerprint density at radius 1 is 1.50 bits per heavy atom. The Morgan fingerprint density at radius 3 is 2.12 bits per heavy atom. The lowest BCUT2D eigenvalue weighted by molar-refractivity contribution is 1.01. The first-order valence-corrected chi connectivity index (χ1v) is 3.10. The van der Waals surface area contributed by atoms with E-state index < -0.39 is 0 Å². The van der Waals surface area contributed by atoms with Crippen LogP contribution in [0.3, 0.4) is 0 Å². The second-order valence-corrected chi connectivity index (χ2v) is 2.36. The average molecular weight is 108 g/mol. The van der Waals surface area contributed by atoms with Crippen LogP contribution in [0, 0.1) is 5.92 Å². The molecule has 8 heavy (non-hydrogen) atoms. The van der Waals surface area contributed by atoms with Crippen LogP contribution < -0.4 is 0 Å². The Labute approximate surface area is 50.9 Å². The molecule has 0 aromatic rings. The van der Waals surface area contributed by atoms with E-state index in [1.165, 1.54) is 5.57 Å². The summed E-state index contributed by atoms with van der Waals surface area (Å²) in [7, 11) is 0. The van der Waals surface area contributed by atoms with Crippen molar-refractivity contribution in [3.8, 4) is 0 Å². The minimum absolute atomic E-state index is 0.784. The molecule has 0 heteroatoms. The van der Waals surface area contributed by atoms with Gasteiger partial charge in [0.15, 0.2) is 0 Å². The molecule has 1 aliphatic carbocycles. The van der Waals surface area contributed by atoms with Crippen LogP contribution in [0.1, 0.15) is 20.8 Å². The van der Waals surface area contributed by atoms with Gasteiger partial charge in [0, 0.05) is 5.92 Å². The molecule has 0 saturated carbocycles. The van der Waals surface area contributed by atoms with E-state index in [1.807, 2.05) is 0 Å². The summed E-state index contributed by atoms with van der Waals surface area (Å²) in [6.07, 6.45) is 4.29. The Kier molecular flexibility index (Phi) is 1.24. The molecule has 0 saturated heterocycles. The highest BCUT2D eigenvalue weighted by Crippen LogP contribution is 2.38. The van der Waals surface area contributed by atoms with Crippen LogP contribution in [-0.2, 0) is 0 Å². The van der Waals surface area contributed by atoms with Gasteiger partial charge in [0.2, 0.25) is 0 Å². The normalized spacial score (nSPS) is 27.6. The van der Waals surface area contributed by atoms with Crippen LogP contribution in [-0.4, -0.2) is 0 Å². The summed E-state index contributed by atoms with van der Waals surface area (Å²) in [6, 6.07) is 0. The maximum atomic E-state index is 2.24. The summed E-state index contributed by atoms with van der Waals surface area (Å²) in [5, 5.41) is 0. The van der Waals surface area contributed by atoms with Crippen molar-refractivity contribution in [2.75, 3.05) is 0 Å². The van der Waals surface area contributed by atoms with Crippen LogP contribution in [0.5, 0.6) is 0 Å². The SMILES string of the molecule is CC=CC1=C(C)C1C. The molecule has 0 aromatic heterocycles. The van der Waals surface area contributed by atoms with Crippen LogP contribution >= 0.6 is 0 Å². The molecule has 0 bridgehead atoms. The fourth-order valence-corrected chi connectivity index (χ4v) is 0.964. The molecule has 0 radical (unpaired) electrons. The lowest BCUT2D eigenvalue weighted by atomic mass is 10.3. The van der Waals surface area contributed by atoms with Crippen molar-refractivity contribution in [1.82, 2.24) is 0 Å². The zero-order chi connectivity index (χ0) is 6.15. The summed E-state index contributed by atoms with van der Waals surface area (Å²) in [5.74, 6) is 0.784. The Balaban J connectivity index is 2.53. The standard InChI is InChI=1S/C8H12/c1-4-5-8-6(2)7(8)3/h4-6H,1-3H3. The first-order chi connectivity index (χ1) is 3.77. The van der Waals surface area contributed by atoms with Crippen molar-refractivity contribution in [2.24, 2.45) is 5.92 Å². The maximum absolute atomic E-state index is 2.24. The molecular weight excluding hydrogens is 96.1 g/mol. The first-order valence-electron chi connectivity index (χ1n) is 3.10. The molecular formula is C8H12. The van der Waals surface area contributed by atoms with Gasteiger partial charge in [-0.3, -0.25) is 0 Å². The van der Waals surface area contributed by atoms with Crippen molar-refractivity contribution < 1.29 is 0 Å². The second kappa shape index (κ2) is 1.77. The van der Waals surface area contributed by atoms with Gasteiger partial charge in [-0.25, -0.2) is 0 Å². The van der Waals surface area contributed by atoms with E-state index in [2.05, 4.69) is 32.9 Å². The van der Waals surface area contributed by atoms with Crippen molar-refractivity contribution in [1.29, 1.82) is 0 Å². The Hall–Kier alpha value is -0.520. The fourth-order valence-electron chi connectivity index (χ4n) is 0.964. The second-order valence-electron chi connectivity index (χ2n) is 2.36. The molecule has 0 N–H and O–H groups in total. The number of hydrogen-bond acceptors (Lipinski definition) is 0. The van der Waals surface area contributed by atoms with E-state index in [4.69, 9.17) is 0 Å². The highest BCUT2D eigenvalue weighted by atomic mass is 14.3. The smallest absolute Gasteiger partial charge is 0.00226 e. The third kappa shape index (κ3) is 0.706. The summed E-state index contributed by atoms with van der Waals surface area (Å²) in [4.78, 5) is 0. The average Bonchev–Trinajstić information content (AvgIpc) is 2.25. The maximum Gasteiger partial charge on any atom is 0.00226 e. The summed E-state index contributed by atoms with van der Waals surface area (Å²) >= 11 is 0. The van der Waals surface area contributed by atoms with Gasteiger partial charge in [0.25, 0.3) is 0 Å². The molecule has 1 atom stereocenters. The Bertz CT molecular complexity index is 149. The van der Waals surface area contributed by atoms with E-state index in [9.17, 15) is 0 Å². The molecule has 0 nitrogen and oxygen atoms in total. The van der Waals surface area contributed by atoms with Crippen molar-refractivity contribution in [3.05, 3.63) is 23.3 Å². The highest BCUT2D eigenvalue weighted by Gasteiger charge is 2.24. The highest BCUT2D eigenvalue weighted by molar-refractivity contribution is 5.45. The summed E-state index contributed by atoms with van der Waals surface area (Å²) in [5.41, 5.74) is 3.09. The van der Waals surface area contributed by atoms with E-state index in [1.54, 1.807) is 5.57 Å². The predicted octanol–water partition coefficient (Wildman–Crippen LogP) is 2.53. The van der Waals surface area contributed by atoms with Gasteiger partial charge in [0.05, 0.1) is 0 Å². The van der Waals surface area contributed by atoms with Crippen molar-refractivity contribution >= 4 is 0 Å². The minimum Gasteiger partial charge on any atom is -0.0874 e. The molecule has 1 rings (SSSR count). The molecule has 44 valence electrons. The number of allylic oxidation sites excluding steroid dienone is 4. The van der Waals surface area contributed by atoms with Gasteiger partial charge in [-0.2, -0.15) is 0 Å². The molecule has 0 aliphatic heterocycles. The topological polar surface area (TPSA) is 0 Å². The predicted molar refractivity (Wildman–Crippen MR) is 36.7 cm³/mol. The third-order valence-electron chi connectivity index (χ3n) is 1.83. The van der Waals surface area contributed by atoms with Crippen LogP contribution in [0.25, 0.3) is 0 Å². The first kappa shape index (κ1) is 5.61. The van der Waals surface area contributed by atoms with Gasteiger partial charge in [-0.1, -0.05) is 24.6 Å². The summed E-state index contributed by atoms with van der Waals surface area (Å²) < 4.78 is 0. The van der Waals surface area contributed by atoms with Gasteiger partial charge < -0.3 is 0 Å². The third-order valence-corrected chi connectivity index (χ3v) is 1.83. The largest absolute Gasteiger partial charge is 0.0874 e. The number of hydrogen-bond donors (Lipinski definition) is 0. The van der Waals surface area contributed by atoms with E-state index >= 15 is 0 Å². The molecule has 0 aromatic carbocycles. The molecule has 1 unspecified atom stereocenters. The zero-order valence-electron chi connectivity index (χ0n) is 5.73. The lowest BCUT2D eigenvalue weighted by Crippen LogP contribution is -1.64. The van der Waals surface area contributed by atoms with E-state index in [0.717, 1.165) is 5.92 Å². The van der Waals surface area contributed by atoms with Crippen molar-refractivity contribution in [2.45, 2.75) is 20.8 Å². The van der Waals surface area contributed by atoms with Gasteiger partial charge in [-0.15, -0.1) is 0 Å². The molecule has 1 aliphatic rings. The lowest BCUT2D eigenvalue weighted by Gasteiger charge is -1.76. The van der Waals surface area contributed by atoms with Crippen LogP contribution in [0.4, 0.5) is 0 Å². The van der Waals surface area contributed by atoms with Crippen LogP contribution in [0.2, 0.25) is 0 Å². The molecule has 0 heterocycles. The quantitative estimate of drug-likeness (QED) is 0.484. The monoisotopic (exact) mass is 108 g/mol. The van der Waals surface area contributed by atoms with E-state index in [0.29, 0.717) is 0 Å².